The highest BCUT2D eigenvalue weighted by molar-refractivity contribution is 7.93. The summed E-state index contributed by atoms with van der Waals surface area (Å²) >= 11 is 0. The lowest BCUT2D eigenvalue weighted by atomic mass is 9.75. The summed E-state index contributed by atoms with van der Waals surface area (Å²) in [4.78, 5) is 0.440. The van der Waals surface area contributed by atoms with Gasteiger partial charge < -0.3 is 5.73 Å². The van der Waals surface area contributed by atoms with Crippen molar-refractivity contribution in [3.05, 3.63) is 35.4 Å². The van der Waals surface area contributed by atoms with Gasteiger partial charge in [-0.1, -0.05) is 39.0 Å². The van der Waals surface area contributed by atoms with Crippen molar-refractivity contribution < 1.29 is 8.42 Å². The highest BCUT2D eigenvalue weighted by Gasteiger charge is 2.37. The number of rotatable bonds is 4. The summed E-state index contributed by atoms with van der Waals surface area (Å²) in [6, 6.07) is 0. The van der Waals surface area contributed by atoms with Crippen molar-refractivity contribution in [1.82, 2.24) is 4.31 Å². The number of nitrogens with zero attached hydrogens (tertiary/aromatic N) is 1. The molecule has 0 fully saturated rings. The van der Waals surface area contributed by atoms with E-state index < -0.39 is 10.0 Å². The molecule has 2 atom stereocenters. The molecule has 0 amide bonds. The van der Waals surface area contributed by atoms with E-state index in [0.717, 1.165) is 0 Å². The SMILES string of the molecule is CCN(C)S(=O)(=O)C1=CC=C[C@@](C)(/C=C\N)C1C. The van der Waals surface area contributed by atoms with Gasteiger partial charge in [-0.3, -0.25) is 0 Å². The molecule has 0 radical (unpaired) electrons. The van der Waals surface area contributed by atoms with E-state index in [1.54, 1.807) is 19.2 Å². The number of nitrogens with two attached hydrogens (primary N) is 1. The van der Waals surface area contributed by atoms with Crippen LogP contribution in [0.25, 0.3) is 0 Å². The van der Waals surface area contributed by atoms with Crippen LogP contribution in [-0.2, 0) is 10.0 Å². The van der Waals surface area contributed by atoms with Crippen molar-refractivity contribution in [2.45, 2.75) is 20.8 Å². The van der Waals surface area contributed by atoms with E-state index in [1.807, 2.05) is 32.9 Å². The van der Waals surface area contributed by atoms with Gasteiger partial charge in [0.1, 0.15) is 0 Å². The van der Waals surface area contributed by atoms with Crippen LogP contribution in [0.1, 0.15) is 20.8 Å². The van der Waals surface area contributed by atoms with Crippen LogP contribution >= 0.6 is 0 Å². The van der Waals surface area contributed by atoms with Gasteiger partial charge in [-0.15, -0.1) is 0 Å². The second-order valence-corrected chi connectivity index (χ2v) is 6.84. The molecular formula is C13H22N2O2S. The molecule has 2 N–H and O–H groups in total. The Bertz CT molecular complexity index is 491. The average Bonchev–Trinajstić information content (AvgIpc) is 2.31. The average molecular weight is 270 g/mol. The summed E-state index contributed by atoms with van der Waals surface area (Å²) in [7, 11) is -1.79. The lowest BCUT2D eigenvalue weighted by Crippen LogP contribution is -2.35. The summed E-state index contributed by atoms with van der Waals surface area (Å²) in [6.45, 7) is 6.17. The Morgan fingerprint density at radius 2 is 2.17 bits per heavy atom. The third kappa shape index (κ3) is 2.52. The minimum absolute atomic E-state index is 0.138. The Balaban J connectivity index is 3.21. The molecule has 0 aromatic heterocycles. The van der Waals surface area contributed by atoms with E-state index in [-0.39, 0.29) is 11.3 Å². The monoisotopic (exact) mass is 270 g/mol. The molecule has 5 heteroatoms. The first-order chi connectivity index (χ1) is 8.29. The van der Waals surface area contributed by atoms with Crippen molar-refractivity contribution in [2.75, 3.05) is 13.6 Å². The molecule has 0 aliphatic heterocycles. The minimum atomic E-state index is -3.38. The van der Waals surface area contributed by atoms with Crippen molar-refractivity contribution in [1.29, 1.82) is 0 Å². The van der Waals surface area contributed by atoms with E-state index in [0.29, 0.717) is 11.4 Å². The Morgan fingerprint density at radius 3 is 2.67 bits per heavy atom. The van der Waals surface area contributed by atoms with Crippen molar-refractivity contribution >= 4 is 10.0 Å². The lowest BCUT2D eigenvalue weighted by Gasteiger charge is -2.34. The fraction of sp³-hybridized carbons (Fsp3) is 0.538. The van der Waals surface area contributed by atoms with Gasteiger partial charge in [0.2, 0.25) is 10.0 Å². The van der Waals surface area contributed by atoms with Crippen LogP contribution < -0.4 is 5.73 Å². The zero-order valence-electron chi connectivity index (χ0n) is 11.4. The van der Waals surface area contributed by atoms with Gasteiger partial charge in [0.25, 0.3) is 0 Å². The zero-order valence-corrected chi connectivity index (χ0v) is 12.2. The molecule has 0 bridgehead atoms. The van der Waals surface area contributed by atoms with Crippen molar-refractivity contribution in [2.24, 2.45) is 17.1 Å². The molecule has 0 saturated carbocycles. The standard InChI is InChI=1S/C13H22N2O2S/c1-5-15(4)18(16,17)12-7-6-8-13(3,9-10-14)11(12)2/h6-11H,5,14H2,1-4H3/b10-9-/t11?,13-/m0/s1. The van der Waals surface area contributed by atoms with Crippen LogP contribution in [-0.4, -0.2) is 26.3 Å². The number of sulfonamides is 1. The number of hydrogen-bond donors (Lipinski definition) is 1. The summed E-state index contributed by atoms with van der Waals surface area (Å²) in [5.41, 5.74) is 5.09. The third-order valence-electron chi connectivity index (χ3n) is 3.68. The van der Waals surface area contributed by atoms with Crippen LogP contribution in [0.4, 0.5) is 0 Å². The molecule has 1 aliphatic carbocycles. The third-order valence-corrected chi connectivity index (χ3v) is 5.85. The van der Waals surface area contributed by atoms with Gasteiger partial charge in [0.05, 0.1) is 4.91 Å². The smallest absolute Gasteiger partial charge is 0.239 e. The van der Waals surface area contributed by atoms with Crippen LogP contribution in [0.2, 0.25) is 0 Å². The normalized spacial score (nSPS) is 28.9. The molecular weight excluding hydrogens is 248 g/mol. The zero-order chi connectivity index (χ0) is 14.0. The van der Waals surface area contributed by atoms with Gasteiger partial charge in [-0.2, -0.15) is 0 Å². The van der Waals surface area contributed by atoms with Gasteiger partial charge in [-0.05, 0) is 12.3 Å². The van der Waals surface area contributed by atoms with Crippen molar-refractivity contribution in [3.8, 4) is 0 Å². The molecule has 0 heterocycles. The molecule has 18 heavy (non-hydrogen) atoms. The van der Waals surface area contributed by atoms with Crippen molar-refractivity contribution in [3.63, 3.8) is 0 Å². The highest BCUT2D eigenvalue weighted by Crippen LogP contribution is 2.40. The predicted molar refractivity (Wildman–Crippen MR) is 75.0 cm³/mol. The van der Waals surface area contributed by atoms with Crippen LogP contribution in [0, 0.1) is 11.3 Å². The maximum Gasteiger partial charge on any atom is 0.239 e. The number of hydrogen-bond acceptors (Lipinski definition) is 3. The van der Waals surface area contributed by atoms with Gasteiger partial charge in [-0.25, -0.2) is 12.7 Å². The minimum Gasteiger partial charge on any atom is -0.405 e. The summed E-state index contributed by atoms with van der Waals surface area (Å²) < 4.78 is 26.1. The first-order valence-corrected chi connectivity index (χ1v) is 7.48. The van der Waals surface area contributed by atoms with E-state index in [1.165, 1.54) is 10.5 Å². The van der Waals surface area contributed by atoms with E-state index >= 15 is 0 Å². The molecule has 0 saturated heterocycles. The first kappa shape index (κ1) is 15.0. The van der Waals surface area contributed by atoms with Gasteiger partial charge in [0, 0.05) is 24.9 Å². The second kappa shape index (κ2) is 5.28. The molecule has 102 valence electrons. The second-order valence-electron chi connectivity index (χ2n) is 4.79. The lowest BCUT2D eigenvalue weighted by molar-refractivity contribution is 0.399. The molecule has 0 aromatic carbocycles. The van der Waals surface area contributed by atoms with E-state index in [9.17, 15) is 8.42 Å². The van der Waals surface area contributed by atoms with E-state index in [2.05, 4.69) is 0 Å². The Labute approximate surface area is 110 Å². The maximum atomic E-state index is 12.4. The first-order valence-electron chi connectivity index (χ1n) is 6.04. The molecule has 4 nitrogen and oxygen atoms in total. The molecule has 1 aliphatic rings. The molecule has 1 unspecified atom stereocenters. The maximum absolute atomic E-state index is 12.4. The van der Waals surface area contributed by atoms with Gasteiger partial charge in [0.15, 0.2) is 0 Å². The van der Waals surface area contributed by atoms with E-state index in [4.69, 9.17) is 5.73 Å². The number of allylic oxidation sites excluding steroid dienone is 5. The van der Waals surface area contributed by atoms with Crippen LogP contribution in [0.3, 0.4) is 0 Å². The summed E-state index contributed by atoms with van der Waals surface area (Å²) in [5, 5.41) is 0. The molecule has 0 aromatic rings. The predicted octanol–water partition coefficient (Wildman–Crippen LogP) is 1.84. The summed E-state index contributed by atoms with van der Waals surface area (Å²) in [5.74, 6) is -0.138. The van der Waals surface area contributed by atoms with Gasteiger partial charge >= 0.3 is 0 Å². The topological polar surface area (TPSA) is 63.4 Å². The summed E-state index contributed by atoms with van der Waals surface area (Å²) in [6.07, 6.45) is 8.75. The molecule has 0 spiro atoms. The Hall–Kier alpha value is -1.07. The quantitative estimate of drug-likeness (QED) is 0.847. The largest absolute Gasteiger partial charge is 0.405 e. The molecule has 1 rings (SSSR count). The fourth-order valence-electron chi connectivity index (χ4n) is 2.01. The fourth-order valence-corrected chi connectivity index (χ4v) is 3.66. The van der Waals surface area contributed by atoms with Crippen LogP contribution in [0.5, 0.6) is 0 Å². The Morgan fingerprint density at radius 1 is 1.56 bits per heavy atom. The van der Waals surface area contributed by atoms with Crippen LogP contribution in [0.15, 0.2) is 35.4 Å². The Kier molecular flexibility index (Phi) is 4.40. The highest BCUT2D eigenvalue weighted by atomic mass is 32.2.